The number of rotatable bonds is 7. The van der Waals surface area contributed by atoms with Gasteiger partial charge in [0, 0.05) is 30.8 Å². The molecule has 0 fully saturated rings. The van der Waals surface area contributed by atoms with Crippen LogP contribution in [0.4, 0.5) is 4.39 Å². The maximum atomic E-state index is 13.0. The van der Waals surface area contributed by atoms with Gasteiger partial charge < -0.3 is 10.6 Å². The van der Waals surface area contributed by atoms with E-state index in [0.29, 0.717) is 24.5 Å². The number of nitrogens with one attached hydrogen (secondary N) is 3. The van der Waals surface area contributed by atoms with E-state index >= 15 is 0 Å². The van der Waals surface area contributed by atoms with Crippen LogP contribution in [-0.4, -0.2) is 29.2 Å². The Bertz CT molecular complexity index is 783. The first kappa shape index (κ1) is 16.4. The summed E-state index contributed by atoms with van der Waals surface area (Å²) in [4.78, 5) is 12.5. The third-order valence-electron chi connectivity index (χ3n) is 3.50. The van der Waals surface area contributed by atoms with Crippen molar-refractivity contribution < 1.29 is 9.18 Å². The minimum Gasteiger partial charge on any atom is -0.350 e. The summed E-state index contributed by atoms with van der Waals surface area (Å²) in [7, 11) is 0. The van der Waals surface area contributed by atoms with Crippen molar-refractivity contribution >= 4 is 17.2 Å². The number of aromatic nitrogens is 2. The van der Waals surface area contributed by atoms with E-state index in [-0.39, 0.29) is 11.7 Å². The minimum absolute atomic E-state index is 0.0536. The summed E-state index contributed by atoms with van der Waals surface area (Å²) in [5.41, 5.74) is 2.74. The molecule has 1 amide bonds. The predicted molar refractivity (Wildman–Crippen MR) is 92.3 cm³/mol. The normalized spacial score (nSPS) is 10.7. The second kappa shape index (κ2) is 7.85. The van der Waals surface area contributed by atoms with Crippen LogP contribution in [0.1, 0.15) is 15.2 Å². The molecule has 0 saturated heterocycles. The number of halogens is 1. The number of H-pyrrole nitrogens is 1. The van der Waals surface area contributed by atoms with Crippen LogP contribution in [0.3, 0.4) is 0 Å². The Balaban J connectivity index is 1.47. The SMILES string of the molecule is O=C(NCCNCc1cn[nH]c1-c1ccc(F)cc1)c1cccs1. The first-order chi connectivity index (χ1) is 11.7. The van der Waals surface area contributed by atoms with Gasteiger partial charge in [0.2, 0.25) is 0 Å². The van der Waals surface area contributed by atoms with Crippen LogP contribution in [0, 0.1) is 5.82 Å². The summed E-state index contributed by atoms with van der Waals surface area (Å²) in [5.74, 6) is -0.318. The summed E-state index contributed by atoms with van der Waals surface area (Å²) in [6, 6.07) is 9.93. The lowest BCUT2D eigenvalue weighted by molar-refractivity contribution is 0.0958. The van der Waals surface area contributed by atoms with E-state index < -0.39 is 0 Å². The molecule has 24 heavy (non-hydrogen) atoms. The molecule has 0 bridgehead atoms. The quantitative estimate of drug-likeness (QED) is 0.577. The highest BCUT2D eigenvalue weighted by atomic mass is 32.1. The third kappa shape index (κ3) is 4.06. The molecule has 0 saturated carbocycles. The molecular formula is C17H17FN4OS. The van der Waals surface area contributed by atoms with Gasteiger partial charge >= 0.3 is 0 Å². The van der Waals surface area contributed by atoms with E-state index in [9.17, 15) is 9.18 Å². The van der Waals surface area contributed by atoms with Crippen LogP contribution < -0.4 is 10.6 Å². The fraction of sp³-hybridized carbons (Fsp3) is 0.176. The Kier molecular flexibility index (Phi) is 5.35. The van der Waals surface area contributed by atoms with E-state index in [4.69, 9.17) is 0 Å². The highest BCUT2D eigenvalue weighted by Crippen LogP contribution is 2.21. The number of amides is 1. The van der Waals surface area contributed by atoms with E-state index in [2.05, 4.69) is 20.8 Å². The molecule has 0 spiro atoms. The Hall–Kier alpha value is -2.51. The van der Waals surface area contributed by atoms with Gasteiger partial charge in [-0.15, -0.1) is 11.3 Å². The zero-order chi connectivity index (χ0) is 16.8. The fourth-order valence-electron chi connectivity index (χ4n) is 2.29. The molecule has 7 heteroatoms. The molecule has 0 aliphatic carbocycles. The number of carbonyl (C=O) groups is 1. The lowest BCUT2D eigenvalue weighted by Gasteiger charge is -2.07. The van der Waals surface area contributed by atoms with Crippen molar-refractivity contribution in [2.24, 2.45) is 0 Å². The number of aromatic amines is 1. The molecule has 5 nitrogen and oxygen atoms in total. The van der Waals surface area contributed by atoms with Crippen molar-refractivity contribution in [2.75, 3.05) is 13.1 Å². The smallest absolute Gasteiger partial charge is 0.261 e. The number of hydrogen-bond donors (Lipinski definition) is 3. The summed E-state index contributed by atoms with van der Waals surface area (Å²) in [6.45, 7) is 1.80. The van der Waals surface area contributed by atoms with Gasteiger partial charge in [-0.05, 0) is 35.7 Å². The largest absolute Gasteiger partial charge is 0.350 e. The lowest BCUT2D eigenvalue weighted by Crippen LogP contribution is -2.31. The summed E-state index contributed by atoms with van der Waals surface area (Å²) in [6.07, 6.45) is 1.75. The van der Waals surface area contributed by atoms with Crippen molar-refractivity contribution in [3.63, 3.8) is 0 Å². The molecule has 2 heterocycles. The first-order valence-corrected chi connectivity index (χ1v) is 8.42. The van der Waals surface area contributed by atoms with Gasteiger partial charge in [0.25, 0.3) is 5.91 Å². The van der Waals surface area contributed by atoms with Crippen LogP contribution in [0.2, 0.25) is 0 Å². The molecule has 3 N–H and O–H groups in total. The average Bonchev–Trinajstić information content (AvgIpc) is 3.27. The van der Waals surface area contributed by atoms with Gasteiger partial charge in [0.1, 0.15) is 5.82 Å². The van der Waals surface area contributed by atoms with E-state index in [1.54, 1.807) is 24.4 Å². The predicted octanol–water partition coefficient (Wildman–Crippen LogP) is 2.80. The minimum atomic E-state index is -0.264. The molecule has 0 aliphatic heterocycles. The summed E-state index contributed by atoms with van der Waals surface area (Å²) in [5, 5.41) is 15.0. The van der Waals surface area contributed by atoms with Gasteiger partial charge in [0.05, 0.1) is 16.8 Å². The zero-order valence-electron chi connectivity index (χ0n) is 12.9. The number of thiophene rings is 1. The van der Waals surface area contributed by atoms with Crippen molar-refractivity contribution in [1.82, 2.24) is 20.8 Å². The molecule has 2 aromatic heterocycles. The van der Waals surface area contributed by atoms with Gasteiger partial charge in [-0.1, -0.05) is 6.07 Å². The molecule has 3 aromatic rings. The first-order valence-electron chi connectivity index (χ1n) is 7.54. The monoisotopic (exact) mass is 344 g/mol. The highest BCUT2D eigenvalue weighted by Gasteiger charge is 2.08. The van der Waals surface area contributed by atoms with Crippen LogP contribution >= 0.6 is 11.3 Å². The van der Waals surface area contributed by atoms with Crippen LogP contribution in [0.5, 0.6) is 0 Å². The molecular weight excluding hydrogens is 327 g/mol. The third-order valence-corrected chi connectivity index (χ3v) is 4.37. The summed E-state index contributed by atoms with van der Waals surface area (Å²) < 4.78 is 13.0. The van der Waals surface area contributed by atoms with Crippen molar-refractivity contribution in [1.29, 1.82) is 0 Å². The van der Waals surface area contributed by atoms with Gasteiger partial charge in [0.15, 0.2) is 0 Å². The maximum Gasteiger partial charge on any atom is 0.261 e. The average molecular weight is 344 g/mol. The van der Waals surface area contributed by atoms with E-state index in [1.807, 2.05) is 11.4 Å². The standard InChI is InChI=1S/C17H17FN4OS/c18-14-5-3-12(4-6-14)16-13(11-21-22-16)10-19-7-8-20-17(23)15-2-1-9-24-15/h1-6,9,11,19H,7-8,10H2,(H,20,23)(H,21,22). The van der Waals surface area contributed by atoms with E-state index in [1.165, 1.54) is 23.5 Å². The molecule has 0 atom stereocenters. The molecule has 0 radical (unpaired) electrons. The number of carbonyl (C=O) groups excluding carboxylic acids is 1. The number of hydrogen-bond acceptors (Lipinski definition) is 4. The van der Waals surface area contributed by atoms with Crippen molar-refractivity contribution in [3.05, 3.63) is 64.2 Å². The molecule has 0 unspecified atom stereocenters. The second-order valence-corrected chi connectivity index (χ2v) is 6.13. The molecule has 124 valence electrons. The van der Waals surface area contributed by atoms with Crippen molar-refractivity contribution in [3.8, 4) is 11.3 Å². The summed E-state index contributed by atoms with van der Waals surface area (Å²) >= 11 is 1.42. The Morgan fingerprint density at radius 1 is 1.21 bits per heavy atom. The van der Waals surface area contributed by atoms with Gasteiger partial charge in [-0.2, -0.15) is 5.10 Å². The van der Waals surface area contributed by atoms with Crippen molar-refractivity contribution in [2.45, 2.75) is 6.54 Å². The van der Waals surface area contributed by atoms with Crippen LogP contribution in [-0.2, 0) is 6.54 Å². The number of nitrogens with zero attached hydrogens (tertiary/aromatic N) is 1. The second-order valence-electron chi connectivity index (χ2n) is 5.19. The van der Waals surface area contributed by atoms with Gasteiger partial charge in [-0.25, -0.2) is 4.39 Å². The maximum absolute atomic E-state index is 13.0. The Labute approximate surface area is 142 Å². The lowest BCUT2D eigenvalue weighted by atomic mass is 10.1. The Morgan fingerprint density at radius 2 is 2.04 bits per heavy atom. The molecule has 0 aliphatic rings. The zero-order valence-corrected chi connectivity index (χ0v) is 13.7. The van der Waals surface area contributed by atoms with Gasteiger partial charge in [-0.3, -0.25) is 9.89 Å². The van der Waals surface area contributed by atoms with E-state index in [0.717, 1.165) is 16.8 Å². The Morgan fingerprint density at radius 3 is 2.79 bits per heavy atom. The highest BCUT2D eigenvalue weighted by molar-refractivity contribution is 7.12. The molecule has 3 rings (SSSR count). The van der Waals surface area contributed by atoms with Crippen LogP contribution in [0.15, 0.2) is 48.0 Å². The fourth-order valence-corrected chi connectivity index (χ4v) is 2.93. The van der Waals surface area contributed by atoms with Crippen LogP contribution in [0.25, 0.3) is 11.3 Å². The topological polar surface area (TPSA) is 69.8 Å². The number of benzene rings is 1. The molecule has 1 aromatic carbocycles.